The first-order valence-corrected chi connectivity index (χ1v) is 6.65. The molecule has 0 N–H and O–H groups in total. The van der Waals surface area contributed by atoms with Gasteiger partial charge in [-0.05, 0) is 19.3 Å². The number of unbranched alkanes of at least 4 members (excludes halogenated alkanes) is 1. The van der Waals surface area contributed by atoms with Crippen molar-refractivity contribution in [1.82, 2.24) is 0 Å². The standard InChI is InChI=1S/C15H24O2/c1-4-6-11-15(3,5-2)12-17-14(16)13-9-7-8-10-13/h7,9-10H,4-6,8,11-12H2,1-3H3. The number of allylic oxidation sites excluding steroid dienone is 2. The molecule has 0 heterocycles. The van der Waals surface area contributed by atoms with Gasteiger partial charge in [0, 0.05) is 5.41 Å². The van der Waals surface area contributed by atoms with Gasteiger partial charge in [0.05, 0.1) is 12.2 Å². The minimum atomic E-state index is -0.171. The van der Waals surface area contributed by atoms with Crippen LogP contribution in [0.2, 0.25) is 0 Å². The van der Waals surface area contributed by atoms with Crippen molar-refractivity contribution < 1.29 is 9.53 Å². The fourth-order valence-corrected chi connectivity index (χ4v) is 1.89. The summed E-state index contributed by atoms with van der Waals surface area (Å²) in [5, 5.41) is 0. The first-order valence-electron chi connectivity index (χ1n) is 6.65. The lowest BCUT2D eigenvalue weighted by Gasteiger charge is -2.27. The molecule has 0 bridgehead atoms. The molecule has 0 aliphatic heterocycles. The van der Waals surface area contributed by atoms with Crippen LogP contribution in [0.1, 0.15) is 52.9 Å². The smallest absolute Gasteiger partial charge is 0.337 e. The van der Waals surface area contributed by atoms with Gasteiger partial charge in [-0.25, -0.2) is 4.79 Å². The van der Waals surface area contributed by atoms with Gasteiger partial charge in [0.25, 0.3) is 0 Å². The first kappa shape index (κ1) is 14.0. The molecule has 96 valence electrons. The summed E-state index contributed by atoms with van der Waals surface area (Å²) in [6, 6.07) is 0. The van der Waals surface area contributed by atoms with E-state index >= 15 is 0 Å². The van der Waals surface area contributed by atoms with Gasteiger partial charge in [-0.15, -0.1) is 0 Å². The Morgan fingerprint density at radius 3 is 2.76 bits per heavy atom. The van der Waals surface area contributed by atoms with E-state index in [1.807, 2.05) is 18.2 Å². The van der Waals surface area contributed by atoms with Crippen molar-refractivity contribution in [3.8, 4) is 0 Å². The average molecular weight is 236 g/mol. The number of esters is 1. The second-order valence-corrected chi connectivity index (χ2v) is 5.14. The highest BCUT2D eigenvalue weighted by Gasteiger charge is 2.24. The summed E-state index contributed by atoms with van der Waals surface area (Å²) in [4.78, 5) is 11.7. The summed E-state index contributed by atoms with van der Waals surface area (Å²) in [5.74, 6) is -0.171. The quantitative estimate of drug-likeness (QED) is 0.624. The van der Waals surface area contributed by atoms with Gasteiger partial charge in [0.15, 0.2) is 0 Å². The van der Waals surface area contributed by atoms with Gasteiger partial charge in [-0.1, -0.05) is 51.8 Å². The third kappa shape index (κ3) is 4.37. The molecule has 0 aromatic heterocycles. The summed E-state index contributed by atoms with van der Waals surface area (Å²) in [6.07, 6.45) is 11.2. The number of hydrogen-bond acceptors (Lipinski definition) is 2. The molecule has 0 amide bonds. The molecule has 1 rings (SSSR count). The molecule has 0 aromatic carbocycles. The van der Waals surface area contributed by atoms with Gasteiger partial charge in [0.2, 0.25) is 0 Å². The first-order chi connectivity index (χ1) is 8.11. The molecule has 1 aliphatic carbocycles. The minimum Gasteiger partial charge on any atom is -0.462 e. The van der Waals surface area contributed by atoms with Crippen LogP contribution in [0.3, 0.4) is 0 Å². The fourth-order valence-electron chi connectivity index (χ4n) is 1.89. The topological polar surface area (TPSA) is 26.3 Å². The van der Waals surface area contributed by atoms with Gasteiger partial charge >= 0.3 is 5.97 Å². The summed E-state index contributed by atoms with van der Waals surface area (Å²) < 4.78 is 5.42. The number of carbonyl (C=O) groups excluding carboxylic acids is 1. The van der Waals surface area contributed by atoms with E-state index < -0.39 is 0 Å². The Hall–Kier alpha value is -1.05. The average Bonchev–Trinajstić information content (AvgIpc) is 2.87. The molecular formula is C15H24O2. The zero-order valence-electron chi connectivity index (χ0n) is 11.3. The highest BCUT2D eigenvalue weighted by molar-refractivity contribution is 5.92. The van der Waals surface area contributed by atoms with Crippen molar-refractivity contribution in [2.24, 2.45) is 5.41 Å². The zero-order chi connectivity index (χ0) is 12.7. The molecule has 2 heteroatoms. The molecule has 1 aliphatic rings. The van der Waals surface area contributed by atoms with E-state index in [0.717, 1.165) is 19.3 Å². The van der Waals surface area contributed by atoms with E-state index in [4.69, 9.17) is 4.74 Å². The van der Waals surface area contributed by atoms with E-state index in [1.165, 1.54) is 12.8 Å². The Morgan fingerprint density at radius 1 is 1.47 bits per heavy atom. The predicted octanol–water partition coefficient (Wildman–Crippen LogP) is 4.02. The SMILES string of the molecule is CCCCC(C)(CC)COC(=O)C1=CCC=C1. The second kappa shape index (κ2) is 6.63. The number of hydrogen-bond donors (Lipinski definition) is 0. The fraction of sp³-hybridized carbons (Fsp3) is 0.667. The lowest BCUT2D eigenvalue weighted by molar-refractivity contribution is -0.142. The summed E-state index contributed by atoms with van der Waals surface area (Å²) in [7, 11) is 0. The van der Waals surface area contributed by atoms with E-state index in [2.05, 4.69) is 20.8 Å². The molecule has 0 saturated carbocycles. The van der Waals surface area contributed by atoms with Gasteiger partial charge in [-0.3, -0.25) is 0 Å². The molecular weight excluding hydrogens is 212 g/mol. The third-order valence-electron chi connectivity index (χ3n) is 3.55. The number of ether oxygens (including phenoxy) is 1. The van der Waals surface area contributed by atoms with E-state index in [1.54, 1.807) is 0 Å². The molecule has 1 unspecified atom stereocenters. The van der Waals surface area contributed by atoms with Crippen molar-refractivity contribution in [2.45, 2.75) is 52.9 Å². The van der Waals surface area contributed by atoms with Crippen LogP contribution in [0.25, 0.3) is 0 Å². The molecule has 2 nitrogen and oxygen atoms in total. The van der Waals surface area contributed by atoms with Crippen LogP contribution >= 0.6 is 0 Å². The molecule has 1 atom stereocenters. The Morgan fingerprint density at radius 2 is 2.24 bits per heavy atom. The summed E-state index contributed by atoms with van der Waals surface area (Å²) >= 11 is 0. The lowest BCUT2D eigenvalue weighted by Crippen LogP contribution is -2.24. The Bertz CT molecular complexity index is 315. The molecule has 0 fully saturated rings. The molecule has 0 aromatic rings. The normalized spacial score (nSPS) is 17.7. The highest BCUT2D eigenvalue weighted by Crippen LogP contribution is 2.28. The maximum atomic E-state index is 11.7. The van der Waals surface area contributed by atoms with Crippen LogP contribution in [-0.2, 0) is 9.53 Å². The number of carbonyl (C=O) groups is 1. The minimum absolute atomic E-state index is 0.133. The molecule has 17 heavy (non-hydrogen) atoms. The largest absolute Gasteiger partial charge is 0.462 e. The number of rotatable bonds is 7. The second-order valence-electron chi connectivity index (χ2n) is 5.14. The van der Waals surface area contributed by atoms with Crippen LogP contribution in [0.15, 0.2) is 23.8 Å². The van der Waals surface area contributed by atoms with Crippen LogP contribution in [-0.4, -0.2) is 12.6 Å². The lowest BCUT2D eigenvalue weighted by atomic mass is 9.83. The monoisotopic (exact) mass is 236 g/mol. The van der Waals surface area contributed by atoms with Crippen LogP contribution in [0.4, 0.5) is 0 Å². The zero-order valence-corrected chi connectivity index (χ0v) is 11.3. The van der Waals surface area contributed by atoms with Crippen molar-refractivity contribution in [3.05, 3.63) is 23.8 Å². The van der Waals surface area contributed by atoms with Gasteiger partial charge < -0.3 is 4.74 Å². The van der Waals surface area contributed by atoms with Crippen molar-refractivity contribution in [2.75, 3.05) is 6.61 Å². The Labute approximate surface area is 105 Å². The maximum absolute atomic E-state index is 11.7. The van der Waals surface area contributed by atoms with Crippen LogP contribution in [0.5, 0.6) is 0 Å². The van der Waals surface area contributed by atoms with E-state index in [9.17, 15) is 4.79 Å². The van der Waals surface area contributed by atoms with Gasteiger partial charge in [0.1, 0.15) is 0 Å². The van der Waals surface area contributed by atoms with E-state index in [-0.39, 0.29) is 11.4 Å². The predicted molar refractivity (Wildman–Crippen MR) is 70.7 cm³/mol. The Balaban J connectivity index is 2.41. The maximum Gasteiger partial charge on any atom is 0.337 e. The third-order valence-corrected chi connectivity index (χ3v) is 3.55. The van der Waals surface area contributed by atoms with Crippen molar-refractivity contribution in [1.29, 1.82) is 0 Å². The summed E-state index contributed by atoms with van der Waals surface area (Å²) in [5.41, 5.74) is 0.841. The molecule has 0 radical (unpaired) electrons. The summed E-state index contributed by atoms with van der Waals surface area (Å²) in [6.45, 7) is 7.09. The van der Waals surface area contributed by atoms with Crippen molar-refractivity contribution >= 4 is 5.97 Å². The van der Waals surface area contributed by atoms with Gasteiger partial charge in [-0.2, -0.15) is 0 Å². The Kier molecular flexibility index (Phi) is 5.46. The van der Waals surface area contributed by atoms with Crippen LogP contribution < -0.4 is 0 Å². The van der Waals surface area contributed by atoms with Crippen molar-refractivity contribution in [3.63, 3.8) is 0 Å². The van der Waals surface area contributed by atoms with E-state index in [0.29, 0.717) is 12.2 Å². The molecule has 0 spiro atoms. The highest BCUT2D eigenvalue weighted by atomic mass is 16.5. The van der Waals surface area contributed by atoms with Crippen LogP contribution in [0, 0.1) is 5.41 Å². The molecule has 0 saturated heterocycles.